The van der Waals surface area contributed by atoms with Gasteiger partial charge in [-0.15, -0.1) is 0 Å². The molecule has 9 nitrogen and oxygen atoms in total. The molecule has 0 aromatic carbocycles. The van der Waals surface area contributed by atoms with Crippen LogP contribution < -0.4 is 0 Å². The minimum atomic E-state index is -1.44. The van der Waals surface area contributed by atoms with Gasteiger partial charge in [-0.3, -0.25) is 0 Å². The second-order valence-corrected chi connectivity index (χ2v) is 13.2. The van der Waals surface area contributed by atoms with Crippen molar-refractivity contribution in [1.82, 2.24) is 0 Å². The number of esters is 1. The van der Waals surface area contributed by atoms with Crippen LogP contribution in [0.15, 0.2) is 0 Å². The molecule has 0 aromatic heterocycles. The third kappa shape index (κ3) is 27.4. The molecule has 0 aliphatic rings. The van der Waals surface area contributed by atoms with Crippen LogP contribution in [0, 0.1) is 0 Å². The molecule has 0 heterocycles. The van der Waals surface area contributed by atoms with Crippen molar-refractivity contribution in [2.45, 2.75) is 46.0 Å². The average Bonchev–Trinajstić information content (AvgIpc) is 2.64. The lowest BCUT2D eigenvalue weighted by atomic mass is 10.2. The van der Waals surface area contributed by atoms with E-state index in [1.807, 2.05) is 20.8 Å². The van der Waals surface area contributed by atoms with Gasteiger partial charge in [-0.05, 0) is 40.4 Å². The smallest absolute Gasteiger partial charge is 0.332 e. The first-order valence-electron chi connectivity index (χ1n) is 10.9. The molecule has 0 spiro atoms. The van der Waals surface area contributed by atoms with E-state index in [9.17, 15) is 4.79 Å². The van der Waals surface area contributed by atoms with E-state index in [2.05, 4.69) is 19.6 Å². The molecule has 0 saturated heterocycles. The van der Waals surface area contributed by atoms with Gasteiger partial charge in [0.2, 0.25) is 0 Å². The Labute approximate surface area is 189 Å². The molecule has 0 radical (unpaired) electrons. The zero-order valence-corrected chi connectivity index (χ0v) is 21.4. The van der Waals surface area contributed by atoms with Crippen LogP contribution in [-0.2, 0) is 42.4 Å². The molecule has 0 aliphatic heterocycles. The fraction of sp³-hybridized carbons (Fsp3) is 0.952. The number of rotatable bonds is 21. The molecule has 0 rings (SSSR count). The predicted octanol–water partition coefficient (Wildman–Crippen LogP) is 2.28. The first-order valence-corrected chi connectivity index (χ1v) is 14.3. The van der Waals surface area contributed by atoms with E-state index < -0.39 is 13.9 Å². The summed E-state index contributed by atoms with van der Waals surface area (Å²) < 4.78 is 43.1. The van der Waals surface area contributed by atoms with Crippen molar-refractivity contribution in [3.63, 3.8) is 0 Å². The predicted molar refractivity (Wildman–Crippen MR) is 120 cm³/mol. The van der Waals surface area contributed by atoms with E-state index in [4.69, 9.17) is 37.6 Å². The summed E-state index contributed by atoms with van der Waals surface area (Å²) in [6, 6.07) is 0. The van der Waals surface area contributed by atoms with Gasteiger partial charge in [0, 0.05) is 0 Å². The lowest BCUT2D eigenvalue weighted by molar-refractivity contribution is -0.160. The maximum Gasteiger partial charge on any atom is 0.332 e. The monoisotopic (exact) mass is 468 g/mol. The van der Waals surface area contributed by atoms with Gasteiger partial charge in [0.05, 0.1) is 79.3 Å². The standard InChI is InChI=1S/C21H44O9Si/c1-21(2,3)30-20(22)19-28-16-15-26-12-11-24-8-7-23-9-10-25-13-14-27-17-18-29-31(4,5)6/h7-19H2,1-6H3. The highest BCUT2D eigenvalue weighted by Gasteiger charge is 2.16. The summed E-state index contributed by atoms with van der Waals surface area (Å²) >= 11 is 0. The van der Waals surface area contributed by atoms with E-state index in [-0.39, 0.29) is 12.6 Å². The van der Waals surface area contributed by atoms with Gasteiger partial charge in [0.1, 0.15) is 12.2 Å². The quantitative estimate of drug-likeness (QED) is 0.143. The van der Waals surface area contributed by atoms with E-state index in [1.165, 1.54) is 0 Å². The number of ether oxygens (including phenoxy) is 7. The Morgan fingerprint density at radius 1 is 0.581 bits per heavy atom. The molecule has 10 heteroatoms. The Kier molecular flexibility index (Phi) is 18.6. The molecular formula is C21H44O9Si. The van der Waals surface area contributed by atoms with Crippen molar-refractivity contribution in [1.29, 1.82) is 0 Å². The van der Waals surface area contributed by atoms with Crippen LogP contribution in [0.3, 0.4) is 0 Å². The van der Waals surface area contributed by atoms with E-state index >= 15 is 0 Å². The average molecular weight is 469 g/mol. The summed E-state index contributed by atoms with van der Waals surface area (Å²) in [6.45, 7) is 17.9. The summed E-state index contributed by atoms with van der Waals surface area (Å²) in [5.41, 5.74) is -0.497. The fourth-order valence-electron chi connectivity index (χ4n) is 2.03. The van der Waals surface area contributed by atoms with E-state index in [0.29, 0.717) is 79.3 Å². The van der Waals surface area contributed by atoms with Crippen LogP contribution in [0.1, 0.15) is 20.8 Å². The number of carbonyl (C=O) groups is 1. The molecule has 0 aliphatic carbocycles. The Bertz CT molecular complexity index is 422. The topological polar surface area (TPSA) is 90.9 Å². The number of hydrogen-bond donors (Lipinski definition) is 0. The summed E-state index contributed by atoms with van der Waals surface area (Å²) in [5.74, 6) is -0.377. The van der Waals surface area contributed by atoms with Crippen LogP contribution >= 0.6 is 0 Å². The SMILES string of the molecule is CC(C)(C)OC(=O)COCCOCCOCCOCCOCCOCCO[Si](C)(C)C. The van der Waals surface area contributed by atoms with Gasteiger partial charge in [-0.1, -0.05) is 0 Å². The molecule has 0 unspecified atom stereocenters. The van der Waals surface area contributed by atoms with Crippen LogP contribution in [0.25, 0.3) is 0 Å². The molecule has 0 N–H and O–H groups in total. The maximum absolute atomic E-state index is 11.4. The summed E-state index contributed by atoms with van der Waals surface area (Å²) in [5, 5.41) is 0. The maximum atomic E-state index is 11.4. The lowest BCUT2D eigenvalue weighted by Crippen LogP contribution is -2.27. The molecule has 0 atom stereocenters. The summed E-state index contributed by atoms with van der Waals surface area (Å²) in [7, 11) is -1.44. The minimum Gasteiger partial charge on any atom is -0.458 e. The second kappa shape index (κ2) is 18.9. The van der Waals surface area contributed by atoms with Crippen LogP contribution in [-0.4, -0.2) is 106 Å². The first kappa shape index (κ1) is 30.4. The van der Waals surface area contributed by atoms with Gasteiger partial charge in [0.25, 0.3) is 0 Å². The normalized spacial score (nSPS) is 12.3. The van der Waals surface area contributed by atoms with Crippen LogP contribution in [0.2, 0.25) is 19.6 Å². The summed E-state index contributed by atoms with van der Waals surface area (Å²) in [4.78, 5) is 11.4. The second-order valence-electron chi connectivity index (χ2n) is 8.66. The number of carbonyl (C=O) groups excluding carboxylic acids is 1. The Morgan fingerprint density at radius 2 is 0.903 bits per heavy atom. The van der Waals surface area contributed by atoms with Gasteiger partial charge in [-0.25, -0.2) is 4.79 Å². The zero-order valence-electron chi connectivity index (χ0n) is 20.4. The Morgan fingerprint density at radius 3 is 1.23 bits per heavy atom. The van der Waals surface area contributed by atoms with Crippen molar-refractivity contribution in [2.75, 3.05) is 85.9 Å². The van der Waals surface area contributed by atoms with Crippen molar-refractivity contribution >= 4 is 14.3 Å². The largest absolute Gasteiger partial charge is 0.458 e. The zero-order chi connectivity index (χ0) is 23.4. The van der Waals surface area contributed by atoms with Gasteiger partial charge < -0.3 is 37.6 Å². The highest BCUT2D eigenvalue weighted by molar-refractivity contribution is 6.69. The number of hydrogen-bond acceptors (Lipinski definition) is 9. The Balaban J connectivity index is 3.15. The molecule has 31 heavy (non-hydrogen) atoms. The van der Waals surface area contributed by atoms with Crippen LogP contribution in [0.5, 0.6) is 0 Å². The van der Waals surface area contributed by atoms with Crippen LogP contribution in [0.4, 0.5) is 0 Å². The van der Waals surface area contributed by atoms with Gasteiger partial charge in [-0.2, -0.15) is 0 Å². The minimum absolute atomic E-state index is 0.0706. The van der Waals surface area contributed by atoms with Gasteiger partial charge in [0.15, 0.2) is 8.32 Å². The van der Waals surface area contributed by atoms with E-state index in [0.717, 1.165) is 0 Å². The third-order valence-electron chi connectivity index (χ3n) is 3.26. The molecule has 0 bridgehead atoms. The molecule has 0 amide bonds. The van der Waals surface area contributed by atoms with Gasteiger partial charge >= 0.3 is 5.97 Å². The van der Waals surface area contributed by atoms with Crippen molar-refractivity contribution in [3.05, 3.63) is 0 Å². The fourth-order valence-corrected chi connectivity index (χ4v) is 2.73. The van der Waals surface area contributed by atoms with E-state index in [1.54, 1.807) is 0 Å². The third-order valence-corrected chi connectivity index (χ3v) is 4.33. The molecular weight excluding hydrogens is 424 g/mol. The summed E-state index contributed by atoms with van der Waals surface area (Å²) in [6.07, 6.45) is 0. The molecule has 0 fully saturated rings. The highest BCUT2D eigenvalue weighted by atomic mass is 28.4. The highest BCUT2D eigenvalue weighted by Crippen LogP contribution is 2.06. The molecule has 0 saturated carbocycles. The van der Waals surface area contributed by atoms with Crippen molar-refractivity contribution in [2.24, 2.45) is 0 Å². The Hall–Kier alpha value is -0.593. The molecule has 186 valence electrons. The molecule has 0 aromatic rings. The van der Waals surface area contributed by atoms with Crippen molar-refractivity contribution in [3.8, 4) is 0 Å². The first-order chi connectivity index (χ1) is 14.6. The van der Waals surface area contributed by atoms with Crippen molar-refractivity contribution < 1.29 is 42.4 Å². The lowest BCUT2D eigenvalue weighted by Gasteiger charge is -2.19.